The highest BCUT2D eigenvalue weighted by Crippen LogP contribution is 2.31. The molecule has 0 saturated carbocycles. The topological polar surface area (TPSA) is 22.1 Å². The molecule has 0 unspecified atom stereocenters. The van der Waals surface area contributed by atoms with Crippen LogP contribution in [0.2, 0.25) is 0 Å². The Balaban J connectivity index is 2.34. The van der Waals surface area contributed by atoms with Crippen molar-refractivity contribution in [2.24, 2.45) is 0 Å². The highest BCUT2D eigenvalue weighted by molar-refractivity contribution is 9.10. The van der Waals surface area contributed by atoms with Crippen molar-refractivity contribution >= 4 is 15.9 Å². The van der Waals surface area contributed by atoms with Crippen LogP contribution in [0.5, 0.6) is 11.6 Å². The summed E-state index contributed by atoms with van der Waals surface area (Å²) < 4.78 is 6.73. The number of pyridine rings is 1. The van der Waals surface area contributed by atoms with Gasteiger partial charge in [-0.2, -0.15) is 0 Å². The number of rotatable bonds is 3. The Bertz CT molecular complexity index is 552. The molecule has 0 radical (unpaired) electrons. The van der Waals surface area contributed by atoms with Crippen molar-refractivity contribution in [1.82, 2.24) is 4.98 Å². The van der Waals surface area contributed by atoms with Gasteiger partial charge in [0, 0.05) is 6.20 Å². The van der Waals surface area contributed by atoms with E-state index in [-0.39, 0.29) is 0 Å². The summed E-state index contributed by atoms with van der Waals surface area (Å²) in [6, 6.07) is 10.1. The first-order valence-corrected chi connectivity index (χ1v) is 6.76. The van der Waals surface area contributed by atoms with Gasteiger partial charge in [0.25, 0.3) is 0 Å². The van der Waals surface area contributed by atoms with Gasteiger partial charge < -0.3 is 4.74 Å². The Labute approximate surface area is 116 Å². The maximum atomic E-state index is 5.87. The summed E-state index contributed by atoms with van der Waals surface area (Å²) in [5, 5.41) is 0. The summed E-state index contributed by atoms with van der Waals surface area (Å²) in [5.41, 5.74) is 2.37. The fourth-order valence-corrected chi connectivity index (χ4v) is 1.97. The zero-order valence-electron chi connectivity index (χ0n) is 10.8. The van der Waals surface area contributed by atoms with E-state index in [1.54, 1.807) is 6.20 Å². The van der Waals surface area contributed by atoms with E-state index in [1.165, 1.54) is 5.56 Å². The number of nitrogens with zero attached hydrogens (tertiary/aromatic N) is 1. The van der Waals surface area contributed by atoms with Crippen molar-refractivity contribution in [3.8, 4) is 11.6 Å². The van der Waals surface area contributed by atoms with Gasteiger partial charge in [-0.3, -0.25) is 0 Å². The lowest BCUT2D eigenvalue weighted by atomic mass is 10.0. The van der Waals surface area contributed by atoms with Crippen LogP contribution in [0, 0.1) is 6.92 Å². The Morgan fingerprint density at radius 3 is 2.67 bits per heavy atom. The number of hydrogen-bond donors (Lipinski definition) is 0. The largest absolute Gasteiger partial charge is 0.438 e. The molecule has 94 valence electrons. The molecule has 0 spiro atoms. The second kappa shape index (κ2) is 5.53. The van der Waals surface area contributed by atoms with E-state index in [9.17, 15) is 0 Å². The molecule has 0 atom stereocenters. The minimum atomic E-state index is 0.486. The molecule has 1 aromatic heterocycles. The van der Waals surface area contributed by atoms with Gasteiger partial charge in [-0.25, -0.2) is 4.98 Å². The van der Waals surface area contributed by atoms with Crippen LogP contribution in [0.3, 0.4) is 0 Å². The van der Waals surface area contributed by atoms with Crippen molar-refractivity contribution in [2.75, 3.05) is 0 Å². The third kappa shape index (κ3) is 2.91. The van der Waals surface area contributed by atoms with Gasteiger partial charge in [0.05, 0.1) is 4.47 Å². The van der Waals surface area contributed by atoms with E-state index >= 15 is 0 Å². The van der Waals surface area contributed by atoms with Gasteiger partial charge in [-0.15, -0.1) is 0 Å². The highest BCUT2D eigenvalue weighted by Gasteiger charge is 2.08. The molecular weight excluding hydrogens is 290 g/mol. The zero-order valence-corrected chi connectivity index (χ0v) is 12.4. The molecule has 0 bridgehead atoms. The summed E-state index contributed by atoms with van der Waals surface area (Å²) in [5.74, 6) is 1.95. The molecule has 0 aliphatic heterocycles. The molecule has 0 saturated heterocycles. The molecule has 18 heavy (non-hydrogen) atoms. The van der Waals surface area contributed by atoms with Gasteiger partial charge >= 0.3 is 0 Å². The molecule has 3 heteroatoms. The van der Waals surface area contributed by atoms with Gasteiger partial charge in [-0.05, 0) is 58.1 Å². The van der Waals surface area contributed by atoms with Crippen molar-refractivity contribution < 1.29 is 4.74 Å². The molecule has 0 fully saturated rings. The lowest BCUT2D eigenvalue weighted by molar-refractivity contribution is 0.455. The minimum Gasteiger partial charge on any atom is -0.438 e. The third-order valence-electron chi connectivity index (χ3n) is 2.81. The first-order chi connectivity index (χ1) is 8.58. The van der Waals surface area contributed by atoms with Crippen LogP contribution in [-0.4, -0.2) is 4.98 Å². The van der Waals surface area contributed by atoms with E-state index in [0.717, 1.165) is 15.8 Å². The molecular formula is C15H16BrNO. The lowest BCUT2D eigenvalue weighted by Crippen LogP contribution is -1.94. The zero-order chi connectivity index (χ0) is 13.1. The van der Waals surface area contributed by atoms with E-state index in [0.29, 0.717) is 11.8 Å². The van der Waals surface area contributed by atoms with Crippen LogP contribution in [0.4, 0.5) is 0 Å². The van der Waals surface area contributed by atoms with Gasteiger partial charge in [0.1, 0.15) is 5.75 Å². The third-order valence-corrected chi connectivity index (χ3v) is 3.41. The Kier molecular flexibility index (Phi) is 4.02. The summed E-state index contributed by atoms with van der Waals surface area (Å²) in [6.45, 7) is 6.38. The number of ether oxygens (including phenoxy) is 1. The quantitative estimate of drug-likeness (QED) is 0.790. The molecule has 0 aliphatic rings. The van der Waals surface area contributed by atoms with Crippen LogP contribution in [0.25, 0.3) is 0 Å². The number of halogens is 1. The molecule has 2 aromatic rings. The first kappa shape index (κ1) is 13.1. The average molecular weight is 306 g/mol. The second-order valence-electron chi connectivity index (χ2n) is 4.57. The van der Waals surface area contributed by atoms with Crippen LogP contribution in [0.15, 0.2) is 41.0 Å². The van der Waals surface area contributed by atoms with Crippen molar-refractivity contribution in [1.29, 1.82) is 0 Å². The molecule has 0 aliphatic carbocycles. The standard InChI is InChI=1S/C15H16BrNO/c1-10(2)12-7-6-11(3)14(9-12)18-15-13(16)5-4-8-17-15/h4-10H,1-3H3. The second-order valence-corrected chi connectivity index (χ2v) is 5.43. The monoisotopic (exact) mass is 305 g/mol. The lowest BCUT2D eigenvalue weighted by Gasteiger charge is -2.12. The van der Waals surface area contributed by atoms with Crippen molar-refractivity contribution in [3.63, 3.8) is 0 Å². The van der Waals surface area contributed by atoms with Crippen LogP contribution < -0.4 is 4.74 Å². The van der Waals surface area contributed by atoms with Crippen LogP contribution in [-0.2, 0) is 0 Å². The van der Waals surface area contributed by atoms with Crippen LogP contribution >= 0.6 is 15.9 Å². The van der Waals surface area contributed by atoms with Gasteiger partial charge in [-0.1, -0.05) is 26.0 Å². The number of hydrogen-bond acceptors (Lipinski definition) is 2. The maximum Gasteiger partial charge on any atom is 0.233 e. The predicted molar refractivity (Wildman–Crippen MR) is 77.3 cm³/mol. The normalized spacial score (nSPS) is 10.7. The number of aryl methyl sites for hydroxylation is 1. The number of benzene rings is 1. The maximum absolute atomic E-state index is 5.87. The van der Waals surface area contributed by atoms with Gasteiger partial charge in [0.15, 0.2) is 0 Å². The van der Waals surface area contributed by atoms with E-state index in [4.69, 9.17) is 4.74 Å². The van der Waals surface area contributed by atoms with E-state index in [2.05, 4.69) is 53.0 Å². The highest BCUT2D eigenvalue weighted by atomic mass is 79.9. The van der Waals surface area contributed by atoms with E-state index < -0.39 is 0 Å². The smallest absolute Gasteiger partial charge is 0.233 e. The van der Waals surface area contributed by atoms with Crippen molar-refractivity contribution in [3.05, 3.63) is 52.1 Å². The Hall–Kier alpha value is -1.35. The summed E-state index contributed by atoms with van der Waals surface area (Å²) >= 11 is 3.44. The molecule has 1 heterocycles. The first-order valence-electron chi connectivity index (χ1n) is 5.97. The molecule has 0 N–H and O–H groups in total. The van der Waals surface area contributed by atoms with Crippen LogP contribution in [0.1, 0.15) is 30.9 Å². The molecule has 0 amide bonds. The SMILES string of the molecule is Cc1ccc(C(C)C)cc1Oc1ncccc1Br. The fraction of sp³-hybridized carbons (Fsp3) is 0.267. The minimum absolute atomic E-state index is 0.486. The summed E-state index contributed by atoms with van der Waals surface area (Å²) in [7, 11) is 0. The molecule has 2 nitrogen and oxygen atoms in total. The predicted octanol–water partition coefficient (Wildman–Crippen LogP) is 5.07. The molecule has 1 aromatic carbocycles. The Morgan fingerprint density at radius 1 is 1.22 bits per heavy atom. The number of aromatic nitrogens is 1. The summed E-state index contributed by atoms with van der Waals surface area (Å²) in [6.07, 6.45) is 1.72. The summed E-state index contributed by atoms with van der Waals surface area (Å²) in [4.78, 5) is 4.22. The fourth-order valence-electron chi connectivity index (χ4n) is 1.64. The Morgan fingerprint density at radius 2 is 2.00 bits per heavy atom. The molecule has 2 rings (SSSR count). The van der Waals surface area contributed by atoms with Gasteiger partial charge in [0.2, 0.25) is 5.88 Å². The van der Waals surface area contributed by atoms with E-state index in [1.807, 2.05) is 19.1 Å². The van der Waals surface area contributed by atoms with Crippen molar-refractivity contribution in [2.45, 2.75) is 26.7 Å². The average Bonchev–Trinajstić information content (AvgIpc) is 2.34.